The number of rotatable bonds is 6. The zero-order valence-electron chi connectivity index (χ0n) is 30.1. The van der Waals surface area contributed by atoms with Crippen LogP contribution in [0.25, 0.3) is 0 Å². The maximum Gasteiger partial charge on any atom is 3.00 e. The second kappa shape index (κ2) is 18.1. The molecule has 0 N–H and O–H groups in total. The molecule has 0 heterocycles. The van der Waals surface area contributed by atoms with Crippen molar-refractivity contribution in [3.05, 3.63) is 106 Å². The molecule has 0 saturated heterocycles. The second-order valence-electron chi connectivity index (χ2n) is 15.3. The summed E-state index contributed by atoms with van der Waals surface area (Å²) in [5.74, 6) is 0. The van der Waals surface area contributed by atoms with E-state index in [1.54, 1.807) is 0 Å². The van der Waals surface area contributed by atoms with E-state index < -0.39 is 0 Å². The Kier molecular flexibility index (Phi) is 17.3. The van der Waals surface area contributed by atoms with Crippen LogP contribution in [-0.4, -0.2) is 57.0 Å². The topological polar surface area (TPSA) is 9.72 Å². The molecular weight excluding hydrogens is 562 g/mol. The van der Waals surface area contributed by atoms with Gasteiger partial charge in [0.15, 0.2) is 0 Å². The first-order valence-electron chi connectivity index (χ1n) is 15.2. The van der Waals surface area contributed by atoms with E-state index in [1.165, 1.54) is 33.4 Å². The molecule has 0 aliphatic heterocycles. The van der Waals surface area contributed by atoms with Gasteiger partial charge in [0, 0.05) is 19.6 Å². The predicted molar refractivity (Wildman–Crippen MR) is 184 cm³/mol. The molecule has 3 aromatic rings. The summed E-state index contributed by atoms with van der Waals surface area (Å²) in [4.78, 5) is 6.47. The summed E-state index contributed by atoms with van der Waals surface area (Å²) >= 11 is 0. The van der Waals surface area contributed by atoms with Crippen LogP contribution in [-0.2, 0) is 53.2 Å². The Morgan fingerprint density at radius 3 is 0.744 bits per heavy atom. The maximum atomic E-state index is 3.33. The largest absolute Gasteiger partial charge is 3.00 e. The molecule has 1 radical (unpaired) electrons. The molecule has 3 rings (SSSR count). The summed E-state index contributed by atoms with van der Waals surface area (Å²) in [6.07, 6.45) is 0. The molecule has 3 aromatic carbocycles. The average Bonchev–Trinajstić information content (AvgIpc) is 2.83. The fraction of sp³-hybridized carbons (Fsp3) is 0.538. The van der Waals surface area contributed by atoms with Crippen molar-refractivity contribution in [2.24, 2.45) is 0 Å². The van der Waals surface area contributed by atoms with Crippen molar-refractivity contribution in [1.82, 2.24) is 14.7 Å². The first-order chi connectivity index (χ1) is 19.2. The summed E-state index contributed by atoms with van der Waals surface area (Å²) in [6, 6.07) is 29.4. The molecule has 0 amide bonds. The molecule has 0 saturated carbocycles. The molecule has 0 fully saturated rings. The third kappa shape index (κ3) is 17.2. The Labute approximate surface area is 277 Å². The number of hydrogen-bond acceptors (Lipinski definition) is 3. The Morgan fingerprint density at radius 2 is 0.628 bits per heavy atom. The first-order valence-corrected chi connectivity index (χ1v) is 15.2. The van der Waals surface area contributed by atoms with Gasteiger partial charge in [-0.05, 0) is 42.3 Å². The van der Waals surface area contributed by atoms with Crippen LogP contribution in [0.5, 0.6) is 0 Å². The van der Waals surface area contributed by atoms with E-state index in [9.17, 15) is 0 Å². The Morgan fingerprint density at radius 1 is 0.419 bits per heavy atom. The minimum atomic E-state index is 0. The minimum absolute atomic E-state index is 0. The van der Waals surface area contributed by atoms with Gasteiger partial charge in [-0.2, -0.15) is 89.5 Å². The van der Waals surface area contributed by atoms with Crippen LogP contribution in [0.4, 0.5) is 0 Å². The van der Waals surface area contributed by atoms with Gasteiger partial charge in [0.2, 0.25) is 0 Å². The predicted octanol–water partition coefficient (Wildman–Crippen LogP) is 8.54. The number of hydrogen-bond donors (Lipinski definition) is 0. The van der Waals surface area contributed by atoms with Crippen LogP contribution in [0, 0.1) is 18.2 Å². The van der Waals surface area contributed by atoms with Crippen LogP contribution in [0.15, 0.2) is 54.6 Å². The molecule has 0 spiro atoms. The molecule has 3 nitrogen and oxygen atoms in total. The quantitative estimate of drug-likeness (QED) is 0.255. The van der Waals surface area contributed by atoms with Crippen LogP contribution in [0.3, 0.4) is 0 Å². The van der Waals surface area contributed by atoms with E-state index in [-0.39, 0.29) is 33.6 Å². The Bertz CT molecular complexity index is 989. The van der Waals surface area contributed by atoms with Gasteiger partial charge in [0.05, 0.1) is 0 Å². The monoisotopic (exact) mass is 622 g/mol. The molecule has 0 unspecified atom stereocenters. The van der Waals surface area contributed by atoms with Crippen LogP contribution in [0.2, 0.25) is 0 Å². The number of nitrogens with zero attached hydrogens (tertiary/aromatic N) is 3. The minimum Gasteiger partial charge on any atom is -0.307 e. The molecule has 237 valence electrons. The van der Waals surface area contributed by atoms with E-state index in [2.05, 4.69) is 192 Å². The average molecular weight is 623 g/mol. The van der Waals surface area contributed by atoms with Crippen molar-refractivity contribution in [1.29, 1.82) is 0 Å². The second-order valence-corrected chi connectivity index (χ2v) is 15.3. The van der Waals surface area contributed by atoms with Crippen molar-refractivity contribution in [3.63, 3.8) is 0 Å². The fourth-order valence-corrected chi connectivity index (χ4v) is 4.09. The summed E-state index contributed by atoms with van der Waals surface area (Å²) in [7, 11) is 12.4. The van der Waals surface area contributed by atoms with Gasteiger partial charge in [0.1, 0.15) is 0 Å². The van der Waals surface area contributed by atoms with E-state index in [0.29, 0.717) is 0 Å². The maximum absolute atomic E-state index is 3.33. The SMILES string of the molecule is CN(C)Cc1[c-]cc(C(C)(C)C)cc1.CN(C)Cc1[c-]cc(C(C)(C)C)cc1.CN(C)Cc1[c-]cc(C(C)(C)C)cc1.[Cr+3]. The van der Waals surface area contributed by atoms with Gasteiger partial charge in [-0.25, -0.2) is 0 Å². The van der Waals surface area contributed by atoms with Gasteiger partial charge in [-0.3, -0.25) is 0 Å². The summed E-state index contributed by atoms with van der Waals surface area (Å²) in [5.41, 5.74) is 8.49. The van der Waals surface area contributed by atoms with Crippen molar-refractivity contribution in [2.45, 2.75) is 98.2 Å². The van der Waals surface area contributed by atoms with E-state index in [1.807, 2.05) is 0 Å². The summed E-state index contributed by atoms with van der Waals surface area (Å²) < 4.78 is 0. The van der Waals surface area contributed by atoms with Gasteiger partial charge >= 0.3 is 17.4 Å². The van der Waals surface area contributed by atoms with Gasteiger partial charge in [-0.15, -0.1) is 16.7 Å². The van der Waals surface area contributed by atoms with Gasteiger partial charge in [0.25, 0.3) is 0 Å². The van der Waals surface area contributed by atoms with E-state index in [4.69, 9.17) is 0 Å². The molecular formula is C39H60CrN3. The Balaban J connectivity index is 0.000000608. The zero-order valence-corrected chi connectivity index (χ0v) is 31.3. The molecule has 43 heavy (non-hydrogen) atoms. The molecule has 0 bridgehead atoms. The first kappa shape index (κ1) is 41.1. The van der Waals surface area contributed by atoms with Crippen LogP contribution in [0.1, 0.15) is 95.7 Å². The van der Waals surface area contributed by atoms with Gasteiger partial charge < -0.3 is 14.7 Å². The van der Waals surface area contributed by atoms with Gasteiger partial charge in [-0.1, -0.05) is 78.6 Å². The summed E-state index contributed by atoms with van der Waals surface area (Å²) in [5, 5.41) is 0. The standard InChI is InChI=1S/3C13H20N.Cr/c3*1-13(2,3)12-8-6-11(7-9-12)10-14(4)5;/h3*6,8-9H,10H2,1-5H3;/q3*-1;+3. The molecule has 0 aliphatic carbocycles. The third-order valence-corrected chi connectivity index (χ3v) is 6.69. The molecule has 0 atom stereocenters. The number of benzene rings is 3. The van der Waals surface area contributed by atoms with Crippen molar-refractivity contribution < 1.29 is 17.4 Å². The molecule has 0 aromatic heterocycles. The molecule has 4 heteroatoms. The smallest absolute Gasteiger partial charge is 0.307 e. The van der Waals surface area contributed by atoms with Crippen molar-refractivity contribution in [2.75, 3.05) is 42.3 Å². The van der Waals surface area contributed by atoms with E-state index in [0.717, 1.165) is 19.6 Å². The molecule has 0 aliphatic rings. The van der Waals surface area contributed by atoms with Crippen LogP contribution < -0.4 is 0 Å². The van der Waals surface area contributed by atoms with E-state index >= 15 is 0 Å². The summed E-state index contributed by atoms with van der Waals surface area (Å²) in [6.45, 7) is 22.9. The van der Waals surface area contributed by atoms with Crippen molar-refractivity contribution >= 4 is 0 Å². The third-order valence-electron chi connectivity index (χ3n) is 6.69. The Hall–Kier alpha value is -1.93. The van der Waals surface area contributed by atoms with Crippen LogP contribution >= 0.6 is 0 Å². The fourth-order valence-electron chi connectivity index (χ4n) is 4.09. The van der Waals surface area contributed by atoms with Crippen molar-refractivity contribution in [3.8, 4) is 0 Å². The normalized spacial score (nSPS) is 11.9. The zero-order chi connectivity index (χ0) is 32.3.